The fraction of sp³-hybridized carbons (Fsp3) is 0.353. The predicted octanol–water partition coefficient (Wildman–Crippen LogP) is 3.87. The zero-order valence-electron chi connectivity index (χ0n) is 14.3. The van der Waals surface area contributed by atoms with Crippen LogP contribution in [-0.2, 0) is 21.0 Å². The van der Waals surface area contributed by atoms with Gasteiger partial charge in [0.05, 0.1) is 5.56 Å². The van der Waals surface area contributed by atoms with Gasteiger partial charge in [0.1, 0.15) is 10.3 Å². The highest BCUT2D eigenvalue weighted by molar-refractivity contribution is 7.91. The van der Waals surface area contributed by atoms with Crippen LogP contribution in [0.25, 0.3) is 0 Å². The number of amides is 1. The Labute approximate surface area is 158 Å². The number of thiophene rings is 1. The number of nitrogens with one attached hydrogen (secondary N) is 1. The zero-order chi connectivity index (χ0) is 19.8. The highest BCUT2D eigenvalue weighted by Gasteiger charge is 2.40. The standard InChI is InChI=1S/C17H17F3N2O3S2/c1-11-4-9-15(26-11)27(24,25)22-10-2-3-14(22)16(23)21-13-7-5-12(6-8-13)17(18,19)20/h4-9,14H,2-3,10H2,1H3,(H,21,23)/t14-/m0/s1. The number of hydrogen-bond donors (Lipinski definition) is 1. The molecular formula is C17H17F3N2O3S2. The molecule has 1 aromatic carbocycles. The normalized spacial score (nSPS) is 18.6. The molecule has 0 saturated carbocycles. The van der Waals surface area contributed by atoms with Crippen molar-refractivity contribution in [2.75, 3.05) is 11.9 Å². The maximum Gasteiger partial charge on any atom is 0.416 e. The maximum absolute atomic E-state index is 12.8. The van der Waals surface area contributed by atoms with Crippen LogP contribution in [0.5, 0.6) is 0 Å². The van der Waals surface area contributed by atoms with Crippen molar-refractivity contribution in [3.8, 4) is 0 Å². The van der Waals surface area contributed by atoms with E-state index in [0.717, 1.165) is 44.8 Å². The van der Waals surface area contributed by atoms with Crippen LogP contribution in [0.4, 0.5) is 18.9 Å². The second-order valence-electron chi connectivity index (χ2n) is 6.20. The molecule has 0 radical (unpaired) electrons. The largest absolute Gasteiger partial charge is 0.416 e. The Kier molecular flexibility index (Phi) is 5.33. The van der Waals surface area contributed by atoms with Crippen molar-refractivity contribution in [1.29, 1.82) is 0 Å². The average Bonchev–Trinajstić information content (AvgIpc) is 3.24. The molecule has 1 aromatic heterocycles. The topological polar surface area (TPSA) is 66.5 Å². The quantitative estimate of drug-likeness (QED) is 0.820. The summed E-state index contributed by atoms with van der Waals surface area (Å²) in [5.74, 6) is -0.552. The van der Waals surface area contributed by atoms with Gasteiger partial charge in [0.25, 0.3) is 10.0 Å². The van der Waals surface area contributed by atoms with Crippen molar-refractivity contribution in [2.24, 2.45) is 0 Å². The minimum absolute atomic E-state index is 0.175. The second-order valence-corrected chi connectivity index (χ2v) is 9.61. The molecule has 5 nitrogen and oxygen atoms in total. The molecule has 1 aliphatic heterocycles. The van der Waals surface area contributed by atoms with Gasteiger partial charge in [-0.2, -0.15) is 17.5 Å². The molecule has 0 aliphatic carbocycles. The van der Waals surface area contributed by atoms with E-state index in [2.05, 4.69) is 5.32 Å². The molecule has 146 valence electrons. The Morgan fingerprint density at radius 1 is 1.19 bits per heavy atom. The van der Waals surface area contributed by atoms with Crippen molar-refractivity contribution < 1.29 is 26.4 Å². The monoisotopic (exact) mass is 418 g/mol. The van der Waals surface area contributed by atoms with Gasteiger partial charge < -0.3 is 5.32 Å². The van der Waals surface area contributed by atoms with Crippen LogP contribution in [0.2, 0.25) is 0 Å². The number of aryl methyl sites for hydroxylation is 1. The summed E-state index contributed by atoms with van der Waals surface area (Å²) in [6.07, 6.45) is -3.57. The van der Waals surface area contributed by atoms with Crippen molar-refractivity contribution in [1.82, 2.24) is 4.31 Å². The lowest BCUT2D eigenvalue weighted by molar-refractivity contribution is -0.137. The lowest BCUT2D eigenvalue weighted by Crippen LogP contribution is -2.42. The van der Waals surface area contributed by atoms with Crippen molar-refractivity contribution >= 4 is 33.0 Å². The Morgan fingerprint density at radius 2 is 1.85 bits per heavy atom. The molecule has 0 bridgehead atoms. The van der Waals surface area contributed by atoms with Gasteiger partial charge in [0, 0.05) is 17.1 Å². The second kappa shape index (κ2) is 7.25. The van der Waals surface area contributed by atoms with Gasteiger partial charge in [0.15, 0.2) is 0 Å². The van der Waals surface area contributed by atoms with E-state index in [0.29, 0.717) is 12.8 Å². The minimum Gasteiger partial charge on any atom is -0.325 e. The number of alkyl halides is 3. The van der Waals surface area contributed by atoms with Crippen LogP contribution in [0, 0.1) is 6.92 Å². The molecule has 27 heavy (non-hydrogen) atoms. The molecule has 1 aliphatic rings. The summed E-state index contributed by atoms with van der Waals surface area (Å²) in [6, 6.07) is 6.36. The van der Waals surface area contributed by atoms with Gasteiger partial charge in [0.2, 0.25) is 5.91 Å². The van der Waals surface area contributed by atoms with E-state index >= 15 is 0 Å². The molecule has 1 saturated heterocycles. The molecule has 3 rings (SSSR count). The molecule has 0 unspecified atom stereocenters. The van der Waals surface area contributed by atoms with Crippen LogP contribution in [0.1, 0.15) is 23.3 Å². The zero-order valence-corrected chi connectivity index (χ0v) is 15.9. The maximum atomic E-state index is 12.8. The molecule has 1 N–H and O–H groups in total. The van der Waals surface area contributed by atoms with E-state index in [4.69, 9.17) is 0 Å². The van der Waals surface area contributed by atoms with Gasteiger partial charge in [-0.05, 0) is 56.2 Å². The SMILES string of the molecule is Cc1ccc(S(=O)(=O)N2CCC[C@H]2C(=O)Nc2ccc(C(F)(F)F)cc2)s1. The van der Waals surface area contributed by atoms with E-state index < -0.39 is 33.7 Å². The number of nitrogens with zero attached hydrogens (tertiary/aromatic N) is 1. The Balaban J connectivity index is 1.76. The van der Waals surface area contributed by atoms with E-state index in [1.807, 2.05) is 0 Å². The van der Waals surface area contributed by atoms with Crippen LogP contribution in [-0.4, -0.2) is 31.2 Å². The molecule has 1 fully saturated rings. The number of halogens is 3. The number of carbonyl (C=O) groups is 1. The summed E-state index contributed by atoms with van der Waals surface area (Å²) < 4.78 is 64.8. The molecule has 10 heteroatoms. The van der Waals surface area contributed by atoms with E-state index in [1.54, 1.807) is 13.0 Å². The lowest BCUT2D eigenvalue weighted by Gasteiger charge is -2.22. The first kappa shape index (κ1) is 19.8. The Bertz CT molecular complexity index is 937. The van der Waals surface area contributed by atoms with Crippen molar-refractivity contribution in [2.45, 2.75) is 36.2 Å². The molecule has 0 spiro atoms. The first-order chi connectivity index (χ1) is 12.6. The highest BCUT2D eigenvalue weighted by Crippen LogP contribution is 2.32. The van der Waals surface area contributed by atoms with E-state index in [1.165, 1.54) is 6.07 Å². The highest BCUT2D eigenvalue weighted by atomic mass is 32.2. The van der Waals surface area contributed by atoms with Crippen molar-refractivity contribution in [3.05, 3.63) is 46.8 Å². The molecule has 1 amide bonds. The first-order valence-electron chi connectivity index (χ1n) is 8.15. The molecular weight excluding hydrogens is 401 g/mol. The number of hydrogen-bond acceptors (Lipinski definition) is 4. The van der Waals surface area contributed by atoms with Gasteiger partial charge in [-0.25, -0.2) is 8.42 Å². The van der Waals surface area contributed by atoms with Gasteiger partial charge in [-0.1, -0.05) is 0 Å². The summed E-state index contributed by atoms with van der Waals surface area (Å²) in [7, 11) is -3.79. The number of carbonyl (C=O) groups excluding carboxylic acids is 1. The average molecular weight is 418 g/mol. The van der Waals surface area contributed by atoms with Gasteiger partial charge in [-0.15, -0.1) is 11.3 Å². The summed E-state index contributed by atoms with van der Waals surface area (Å²) in [5, 5.41) is 2.51. The van der Waals surface area contributed by atoms with Crippen LogP contribution >= 0.6 is 11.3 Å². The molecule has 1 atom stereocenters. The first-order valence-corrected chi connectivity index (χ1v) is 10.4. The smallest absolute Gasteiger partial charge is 0.325 e. The number of sulfonamides is 1. The minimum atomic E-state index is -4.46. The number of benzene rings is 1. The summed E-state index contributed by atoms with van der Waals surface area (Å²) in [5.41, 5.74) is -0.636. The Morgan fingerprint density at radius 3 is 2.41 bits per heavy atom. The van der Waals surface area contributed by atoms with Crippen molar-refractivity contribution in [3.63, 3.8) is 0 Å². The fourth-order valence-electron chi connectivity index (χ4n) is 2.92. The third-order valence-corrected chi connectivity index (χ3v) is 7.64. The van der Waals surface area contributed by atoms with Crippen LogP contribution in [0.15, 0.2) is 40.6 Å². The summed E-state index contributed by atoms with van der Waals surface area (Å²) in [6.45, 7) is 2.02. The third-order valence-electron chi connectivity index (χ3n) is 4.26. The van der Waals surface area contributed by atoms with E-state index in [-0.39, 0.29) is 16.4 Å². The number of anilines is 1. The fourth-order valence-corrected chi connectivity index (χ4v) is 5.99. The molecule has 2 heterocycles. The van der Waals surface area contributed by atoms with E-state index in [9.17, 15) is 26.4 Å². The van der Waals surface area contributed by atoms with Gasteiger partial charge in [-0.3, -0.25) is 4.79 Å². The lowest BCUT2D eigenvalue weighted by atomic mass is 10.2. The Hall–Kier alpha value is -1.91. The van der Waals surface area contributed by atoms with Gasteiger partial charge >= 0.3 is 6.18 Å². The van der Waals surface area contributed by atoms with Crippen LogP contribution < -0.4 is 5.32 Å². The summed E-state index contributed by atoms with van der Waals surface area (Å²) in [4.78, 5) is 13.4. The predicted molar refractivity (Wildman–Crippen MR) is 96.0 cm³/mol. The molecule has 2 aromatic rings. The number of rotatable bonds is 4. The third kappa shape index (κ3) is 4.17. The van der Waals surface area contributed by atoms with Crippen LogP contribution in [0.3, 0.4) is 0 Å². The summed E-state index contributed by atoms with van der Waals surface area (Å²) >= 11 is 1.14.